The first-order chi connectivity index (χ1) is 6.47. The molecule has 0 heterocycles. The van der Waals surface area contributed by atoms with E-state index in [1.807, 2.05) is 6.92 Å². The number of alkyl halides is 3. The van der Waals surface area contributed by atoms with Crippen LogP contribution in [-0.4, -0.2) is 36.8 Å². The Kier molecular flexibility index (Phi) is 6.11. The lowest BCUT2D eigenvalue weighted by molar-refractivity contribution is -0.184. The van der Waals surface area contributed by atoms with E-state index in [9.17, 15) is 13.2 Å². The quantitative estimate of drug-likeness (QED) is 0.729. The van der Waals surface area contributed by atoms with Crippen molar-refractivity contribution in [1.29, 1.82) is 0 Å². The van der Waals surface area contributed by atoms with Crippen LogP contribution in [0.3, 0.4) is 0 Å². The van der Waals surface area contributed by atoms with Crippen LogP contribution in [-0.2, 0) is 0 Å². The van der Waals surface area contributed by atoms with Gasteiger partial charge in [0.2, 0.25) is 0 Å². The van der Waals surface area contributed by atoms with Crippen LogP contribution in [0.2, 0.25) is 0 Å². The molecule has 2 nitrogen and oxygen atoms in total. The molecule has 0 aliphatic carbocycles. The van der Waals surface area contributed by atoms with Crippen LogP contribution in [0.5, 0.6) is 0 Å². The van der Waals surface area contributed by atoms with Crippen molar-refractivity contribution in [1.82, 2.24) is 4.90 Å². The Bertz CT molecular complexity index is 147. The molecule has 0 saturated heterocycles. The summed E-state index contributed by atoms with van der Waals surface area (Å²) < 4.78 is 37.7. The van der Waals surface area contributed by atoms with Gasteiger partial charge in [-0.1, -0.05) is 13.8 Å². The Labute approximate surface area is 83.3 Å². The third-order valence-electron chi connectivity index (χ3n) is 2.18. The molecule has 0 bridgehead atoms. The smallest absolute Gasteiger partial charge is 0.330 e. The highest BCUT2D eigenvalue weighted by Crippen LogP contribution is 2.26. The summed E-state index contributed by atoms with van der Waals surface area (Å²) in [5, 5.41) is 0. The molecule has 2 N–H and O–H groups in total. The van der Waals surface area contributed by atoms with E-state index in [4.69, 9.17) is 5.73 Å². The van der Waals surface area contributed by atoms with Crippen LogP contribution >= 0.6 is 0 Å². The average Bonchev–Trinajstić information content (AvgIpc) is 2.09. The van der Waals surface area contributed by atoms with Crippen LogP contribution in [0.25, 0.3) is 0 Å². The van der Waals surface area contributed by atoms with Crippen LogP contribution in [0.15, 0.2) is 0 Å². The second-order valence-corrected chi connectivity index (χ2v) is 3.26. The summed E-state index contributed by atoms with van der Waals surface area (Å²) in [5.74, 6) is 0. The first-order valence-corrected chi connectivity index (χ1v) is 4.98. The Balaban J connectivity index is 4.43. The SMILES string of the molecule is CCCN(CC)C(CCN)C(F)(F)F. The number of hydrogen-bond donors (Lipinski definition) is 1. The molecule has 1 unspecified atom stereocenters. The Hall–Kier alpha value is -0.290. The van der Waals surface area contributed by atoms with Gasteiger partial charge in [0.25, 0.3) is 0 Å². The van der Waals surface area contributed by atoms with Crippen LogP contribution < -0.4 is 5.73 Å². The highest BCUT2D eigenvalue weighted by Gasteiger charge is 2.41. The normalized spacial score (nSPS) is 14.8. The standard InChI is InChI=1S/C9H19F3N2/c1-3-7-14(4-2)8(5-6-13)9(10,11)12/h8H,3-7,13H2,1-2H3. The molecule has 1 atom stereocenters. The summed E-state index contributed by atoms with van der Waals surface area (Å²) in [6.07, 6.45) is -3.45. The number of nitrogens with two attached hydrogens (primary N) is 1. The monoisotopic (exact) mass is 212 g/mol. The minimum Gasteiger partial charge on any atom is -0.330 e. The molecule has 0 aromatic heterocycles. The fraction of sp³-hybridized carbons (Fsp3) is 1.00. The molecule has 0 amide bonds. The van der Waals surface area contributed by atoms with Gasteiger partial charge in [-0.05, 0) is 32.5 Å². The first-order valence-electron chi connectivity index (χ1n) is 4.98. The topological polar surface area (TPSA) is 29.3 Å². The van der Waals surface area contributed by atoms with Crippen LogP contribution in [0.4, 0.5) is 13.2 Å². The van der Waals surface area contributed by atoms with Crippen molar-refractivity contribution >= 4 is 0 Å². The van der Waals surface area contributed by atoms with Gasteiger partial charge in [0.05, 0.1) is 0 Å². The lowest BCUT2D eigenvalue weighted by atomic mass is 10.1. The van der Waals surface area contributed by atoms with Crippen molar-refractivity contribution in [3.05, 3.63) is 0 Å². The Morgan fingerprint density at radius 2 is 1.86 bits per heavy atom. The van der Waals surface area contributed by atoms with Crippen molar-refractivity contribution in [3.63, 3.8) is 0 Å². The van der Waals surface area contributed by atoms with Crippen molar-refractivity contribution < 1.29 is 13.2 Å². The zero-order valence-corrected chi connectivity index (χ0v) is 8.77. The molecule has 0 saturated carbocycles. The summed E-state index contributed by atoms with van der Waals surface area (Å²) in [6.45, 7) is 4.58. The van der Waals surface area contributed by atoms with E-state index in [-0.39, 0.29) is 13.0 Å². The predicted molar refractivity (Wildman–Crippen MR) is 51.1 cm³/mol. The molecule has 0 aliphatic heterocycles. The Morgan fingerprint density at radius 1 is 1.29 bits per heavy atom. The fourth-order valence-electron chi connectivity index (χ4n) is 1.53. The molecule has 0 radical (unpaired) electrons. The summed E-state index contributed by atoms with van der Waals surface area (Å²) in [5.41, 5.74) is 5.19. The number of hydrogen-bond acceptors (Lipinski definition) is 2. The number of halogens is 3. The molecule has 0 spiro atoms. The zero-order chi connectivity index (χ0) is 11.2. The lowest BCUT2D eigenvalue weighted by Gasteiger charge is -2.31. The highest BCUT2D eigenvalue weighted by molar-refractivity contribution is 4.78. The summed E-state index contributed by atoms with van der Waals surface area (Å²) in [7, 11) is 0. The van der Waals surface area contributed by atoms with Crippen molar-refractivity contribution in [2.45, 2.75) is 38.9 Å². The van der Waals surface area contributed by atoms with Gasteiger partial charge in [-0.15, -0.1) is 0 Å². The lowest BCUT2D eigenvalue weighted by Crippen LogP contribution is -2.47. The van der Waals surface area contributed by atoms with E-state index in [0.29, 0.717) is 13.1 Å². The minimum atomic E-state index is -4.16. The van der Waals surface area contributed by atoms with Crippen LogP contribution in [0, 0.1) is 0 Å². The summed E-state index contributed by atoms with van der Waals surface area (Å²) in [6, 6.07) is -1.38. The second-order valence-electron chi connectivity index (χ2n) is 3.26. The molecule has 86 valence electrons. The van der Waals surface area contributed by atoms with Gasteiger partial charge in [0.15, 0.2) is 0 Å². The van der Waals surface area contributed by atoms with Crippen molar-refractivity contribution in [2.24, 2.45) is 5.73 Å². The van der Waals surface area contributed by atoms with E-state index in [2.05, 4.69) is 0 Å². The van der Waals surface area contributed by atoms with Gasteiger partial charge in [-0.25, -0.2) is 0 Å². The van der Waals surface area contributed by atoms with Gasteiger partial charge in [-0.2, -0.15) is 13.2 Å². The molecular formula is C9H19F3N2. The molecule has 0 aromatic rings. The van der Waals surface area contributed by atoms with E-state index >= 15 is 0 Å². The molecule has 0 aromatic carbocycles. The van der Waals surface area contributed by atoms with E-state index in [1.165, 1.54) is 4.90 Å². The molecule has 0 aliphatic rings. The maximum atomic E-state index is 12.6. The number of rotatable bonds is 6. The van der Waals surface area contributed by atoms with Gasteiger partial charge in [0.1, 0.15) is 6.04 Å². The molecule has 14 heavy (non-hydrogen) atoms. The van der Waals surface area contributed by atoms with Crippen molar-refractivity contribution in [3.8, 4) is 0 Å². The van der Waals surface area contributed by atoms with Crippen LogP contribution in [0.1, 0.15) is 26.7 Å². The van der Waals surface area contributed by atoms with Gasteiger partial charge >= 0.3 is 6.18 Å². The summed E-state index contributed by atoms with van der Waals surface area (Å²) in [4.78, 5) is 1.44. The molecule has 0 rings (SSSR count). The van der Waals surface area contributed by atoms with E-state index < -0.39 is 12.2 Å². The third kappa shape index (κ3) is 4.28. The van der Waals surface area contributed by atoms with Gasteiger partial charge in [0, 0.05) is 0 Å². The fourth-order valence-corrected chi connectivity index (χ4v) is 1.53. The minimum absolute atomic E-state index is 0.0165. The third-order valence-corrected chi connectivity index (χ3v) is 2.18. The average molecular weight is 212 g/mol. The maximum absolute atomic E-state index is 12.6. The largest absolute Gasteiger partial charge is 0.404 e. The van der Waals surface area contributed by atoms with E-state index in [1.54, 1.807) is 6.92 Å². The van der Waals surface area contributed by atoms with Gasteiger partial charge < -0.3 is 5.73 Å². The molecule has 0 fully saturated rings. The van der Waals surface area contributed by atoms with Gasteiger partial charge in [-0.3, -0.25) is 4.90 Å². The predicted octanol–water partition coefficient (Wildman–Crippen LogP) is 2.00. The maximum Gasteiger partial charge on any atom is 0.404 e. The van der Waals surface area contributed by atoms with E-state index in [0.717, 1.165) is 6.42 Å². The molecule has 5 heteroatoms. The Morgan fingerprint density at radius 3 is 2.14 bits per heavy atom. The van der Waals surface area contributed by atoms with Crippen molar-refractivity contribution in [2.75, 3.05) is 19.6 Å². The second kappa shape index (κ2) is 6.24. The zero-order valence-electron chi connectivity index (χ0n) is 8.77. The first kappa shape index (κ1) is 13.7. The highest BCUT2D eigenvalue weighted by atomic mass is 19.4. The molecular weight excluding hydrogens is 193 g/mol. The number of nitrogens with zero attached hydrogens (tertiary/aromatic N) is 1. The summed E-state index contributed by atoms with van der Waals surface area (Å²) >= 11 is 0.